The Morgan fingerprint density at radius 1 is 0.641 bits per heavy atom. The van der Waals surface area contributed by atoms with Crippen LogP contribution < -0.4 is 9.47 Å². The van der Waals surface area contributed by atoms with Gasteiger partial charge in [-0.2, -0.15) is 0 Å². The number of hydrogen-bond acceptors (Lipinski definition) is 5. The number of esters is 1. The molecule has 0 spiro atoms. The smallest absolute Gasteiger partial charge is 0.338 e. The Morgan fingerprint density at radius 3 is 1.72 bits per heavy atom. The second kappa shape index (κ2) is 20.1. The van der Waals surface area contributed by atoms with Gasteiger partial charge in [-0.15, -0.1) is 0 Å². The summed E-state index contributed by atoms with van der Waals surface area (Å²) in [6.07, 6.45) is 16.7. The summed E-state index contributed by atoms with van der Waals surface area (Å²) in [6, 6.07) is 10.8. The molecule has 0 saturated heterocycles. The molecule has 5 nitrogen and oxygen atoms in total. The Hall–Kier alpha value is -2.89. The molecule has 0 atom stereocenters. The molecule has 0 radical (unpaired) electrons. The number of hydrogen-bond donors (Lipinski definition) is 0. The number of ether oxygens (including phenoxy) is 3. The van der Waals surface area contributed by atoms with Crippen LogP contribution in [0.15, 0.2) is 42.5 Å². The van der Waals surface area contributed by atoms with Crippen LogP contribution in [0.4, 0.5) is 4.39 Å². The molecule has 0 fully saturated rings. The van der Waals surface area contributed by atoms with Crippen LogP contribution in [0.5, 0.6) is 11.5 Å². The average Bonchev–Trinajstić information content (AvgIpc) is 2.95. The maximum atomic E-state index is 14.4. The first-order valence-corrected chi connectivity index (χ1v) is 14.9. The Labute approximate surface area is 234 Å². The maximum Gasteiger partial charge on any atom is 0.338 e. The molecule has 39 heavy (non-hydrogen) atoms. The van der Waals surface area contributed by atoms with Crippen LogP contribution >= 0.6 is 0 Å². The van der Waals surface area contributed by atoms with Crippen molar-refractivity contribution in [2.75, 3.05) is 19.8 Å². The van der Waals surface area contributed by atoms with Gasteiger partial charge in [0.15, 0.2) is 24.0 Å². The van der Waals surface area contributed by atoms with Crippen LogP contribution in [0.1, 0.15) is 124 Å². The van der Waals surface area contributed by atoms with E-state index in [-0.39, 0.29) is 17.1 Å². The lowest BCUT2D eigenvalue weighted by molar-refractivity contribution is 0.0474. The topological polar surface area (TPSA) is 61.8 Å². The van der Waals surface area contributed by atoms with Crippen LogP contribution in [0.2, 0.25) is 0 Å². The predicted octanol–water partition coefficient (Wildman–Crippen LogP) is 9.12. The minimum Gasteiger partial charge on any atom is -0.494 e. The molecule has 0 aliphatic rings. The molecule has 0 bridgehead atoms. The molecule has 2 aromatic rings. The van der Waals surface area contributed by atoms with Gasteiger partial charge in [0.2, 0.25) is 0 Å². The number of carbonyl (C=O) groups excluding carboxylic acids is 2. The third-order valence-electron chi connectivity index (χ3n) is 6.70. The summed E-state index contributed by atoms with van der Waals surface area (Å²) in [5.74, 6) is -0.890. The standard InChI is InChI=1S/C33H47FO5/c1-3-5-7-9-11-12-14-15-23-37-29-20-17-27(18-21-29)31(35)26-39-33(36)28-19-22-32(30(34)25-28)38-24-16-13-10-8-6-4-2/h17-22,25H,3-16,23-24,26H2,1-2H3. The zero-order chi connectivity index (χ0) is 28.1. The number of benzene rings is 2. The van der Waals surface area contributed by atoms with E-state index in [2.05, 4.69) is 13.8 Å². The highest BCUT2D eigenvalue weighted by Crippen LogP contribution is 2.20. The quantitative estimate of drug-likeness (QED) is 0.0843. The zero-order valence-electron chi connectivity index (χ0n) is 24.0. The molecule has 0 unspecified atom stereocenters. The van der Waals surface area contributed by atoms with E-state index in [0.29, 0.717) is 24.5 Å². The van der Waals surface area contributed by atoms with Gasteiger partial charge in [-0.25, -0.2) is 9.18 Å². The highest BCUT2D eigenvalue weighted by Gasteiger charge is 2.15. The molecule has 0 aliphatic heterocycles. The molecule has 0 heterocycles. The van der Waals surface area contributed by atoms with Crippen LogP contribution in [0.3, 0.4) is 0 Å². The van der Waals surface area contributed by atoms with E-state index < -0.39 is 18.4 Å². The number of Topliss-reactive ketones (excluding diaryl/α,β-unsaturated/α-hetero) is 1. The van der Waals surface area contributed by atoms with Gasteiger partial charge < -0.3 is 14.2 Å². The number of carbonyl (C=O) groups is 2. The summed E-state index contributed by atoms with van der Waals surface area (Å²) in [5.41, 5.74) is 0.462. The third-order valence-corrected chi connectivity index (χ3v) is 6.70. The van der Waals surface area contributed by atoms with Gasteiger partial charge in [0, 0.05) is 5.56 Å². The molecule has 2 rings (SSSR count). The normalized spacial score (nSPS) is 10.8. The lowest BCUT2D eigenvalue weighted by Gasteiger charge is -2.09. The minimum absolute atomic E-state index is 0.0388. The second-order valence-electron chi connectivity index (χ2n) is 10.1. The Morgan fingerprint density at radius 2 is 1.15 bits per heavy atom. The van der Waals surface area contributed by atoms with E-state index in [1.807, 2.05) is 0 Å². The van der Waals surface area contributed by atoms with Gasteiger partial charge in [-0.3, -0.25) is 4.79 Å². The first-order chi connectivity index (χ1) is 19.0. The van der Waals surface area contributed by atoms with E-state index in [1.165, 1.54) is 69.9 Å². The second-order valence-corrected chi connectivity index (χ2v) is 10.1. The molecule has 6 heteroatoms. The van der Waals surface area contributed by atoms with E-state index in [9.17, 15) is 14.0 Å². The van der Waals surface area contributed by atoms with E-state index in [0.717, 1.165) is 38.2 Å². The van der Waals surface area contributed by atoms with Gasteiger partial charge in [-0.05, 0) is 55.3 Å². The summed E-state index contributed by atoms with van der Waals surface area (Å²) in [6.45, 7) is 5.07. The SMILES string of the molecule is CCCCCCCCCCOc1ccc(C(=O)COC(=O)c2ccc(OCCCCCCCC)c(F)c2)cc1. The van der Waals surface area contributed by atoms with Crippen molar-refractivity contribution in [2.24, 2.45) is 0 Å². The van der Waals surface area contributed by atoms with E-state index in [4.69, 9.17) is 14.2 Å². The molecule has 2 aromatic carbocycles. The van der Waals surface area contributed by atoms with Crippen molar-refractivity contribution < 1.29 is 28.2 Å². The highest BCUT2D eigenvalue weighted by atomic mass is 19.1. The highest BCUT2D eigenvalue weighted by molar-refractivity contribution is 5.99. The molecule has 0 saturated carbocycles. The Bertz CT molecular complexity index is 957. The molecule has 0 aliphatic carbocycles. The Kier molecular flexibility index (Phi) is 16.6. The van der Waals surface area contributed by atoms with Gasteiger partial charge in [-0.1, -0.05) is 90.9 Å². The van der Waals surface area contributed by atoms with Crippen LogP contribution in [-0.2, 0) is 4.74 Å². The molecule has 0 amide bonds. The fourth-order valence-corrected chi connectivity index (χ4v) is 4.27. The van der Waals surface area contributed by atoms with Crippen LogP contribution in [-0.4, -0.2) is 31.6 Å². The van der Waals surface area contributed by atoms with Crippen molar-refractivity contribution in [1.29, 1.82) is 0 Å². The number of unbranched alkanes of at least 4 members (excludes halogenated alkanes) is 12. The van der Waals surface area contributed by atoms with Crippen molar-refractivity contribution >= 4 is 11.8 Å². The lowest BCUT2D eigenvalue weighted by Crippen LogP contribution is -2.14. The summed E-state index contributed by atoms with van der Waals surface area (Å²) >= 11 is 0. The lowest BCUT2D eigenvalue weighted by atomic mass is 10.1. The zero-order valence-corrected chi connectivity index (χ0v) is 24.0. The summed E-state index contributed by atoms with van der Waals surface area (Å²) in [5, 5.41) is 0. The molecule has 0 N–H and O–H groups in total. The van der Waals surface area contributed by atoms with Crippen molar-refractivity contribution in [1.82, 2.24) is 0 Å². The first kappa shape index (κ1) is 32.3. The summed E-state index contributed by atoms with van der Waals surface area (Å²) in [7, 11) is 0. The number of halogens is 1. The van der Waals surface area contributed by atoms with Crippen LogP contribution in [0, 0.1) is 5.82 Å². The third kappa shape index (κ3) is 13.6. The van der Waals surface area contributed by atoms with Crippen molar-refractivity contribution in [3.63, 3.8) is 0 Å². The summed E-state index contributed by atoms with van der Waals surface area (Å²) in [4.78, 5) is 24.8. The van der Waals surface area contributed by atoms with Gasteiger partial charge in [0.05, 0.1) is 18.8 Å². The maximum absolute atomic E-state index is 14.4. The van der Waals surface area contributed by atoms with E-state index >= 15 is 0 Å². The Balaban J connectivity index is 1.66. The summed E-state index contributed by atoms with van der Waals surface area (Å²) < 4.78 is 30.8. The van der Waals surface area contributed by atoms with Gasteiger partial charge >= 0.3 is 5.97 Å². The average molecular weight is 543 g/mol. The van der Waals surface area contributed by atoms with Gasteiger partial charge in [0.1, 0.15) is 5.75 Å². The largest absolute Gasteiger partial charge is 0.494 e. The minimum atomic E-state index is -0.755. The van der Waals surface area contributed by atoms with Gasteiger partial charge in [0.25, 0.3) is 0 Å². The van der Waals surface area contributed by atoms with E-state index in [1.54, 1.807) is 24.3 Å². The fraction of sp³-hybridized carbons (Fsp3) is 0.576. The van der Waals surface area contributed by atoms with Crippen molar-refractivity contribution in [3.8, 4) is 11.5 Å². The van der Waals surface area contributed by atoms with Crippen molar-refractivity contribution in [3.05, 3.63) is 59.4 Å². The molecule has 0 aromatic heterocycles. The molecular formula is C33H47FO5. The first-order valence-electron chi connectivity index (χ1n) is 14.9. The number of ketones is 1. The predicted molar refractivity (Wildman–Crippen MR) is 154 cm³/mol. The fourth-order valence-electron chi connectivity index (χ4n) is 4.27. The monoisotopic (exact) mass is 542 g/mol. The number of rotatable bonds is 22. The molecular weight excluding hydrogens is 495 g/mol. The molecule has 216 valence electrons. The van der Waals surface area contributed by atoms with Crippen molar-refractivity contribution in [2.45, 2.75) is 104 Å². The van der Waals surface area contributed by atoms with Crippen LogP contribution in [0.25, 0.3) is 0 Å².